The van der Waals surface area contributed by atoms with Crippen LogP contribution in [0.4, 0.5) is 4.79 Å². The van der Waals surface area contributed by atoms with Gasteiger partial charge in [0.05, 0.1) is 6.54 Å². The van der Waals surface area contributed by atoms with Crippen LogP contribution in [0, 0.1) is 0 Å². The maximum absolute atomic E-state index is 13.2. The van der Waals surface area contributed by atoms with Crippen molar-refractivity contribution in [2.45, 2.75) is 62.6 Å². The highest BCUT2D eigenvalue weighted by Gasteiger charge is 2.30. The van der Waals surface area contributed by atoms with Gasteiger partial charge in [0.1, 0.15) is 24.7 Å². The first-order valence-electron chi connectivity index (χ1n) is 16.9. The van der Waals surface area contributed by atoms with Crippen LogP contribution in [0.15, 0.2) is 78.9 Å². The maximum atomic E-state index is 13.2. The van der Waals surface area contributed by atoms with E-state index >= 15 is 0 Å². The number of ether oxygens (including phenoxy) is 1. The average molecular weight is 686 g/mol. The molecule has 0 radical (unpaired) electrons. The van der Waals surface area contributed by atoms with Crippen LogP contribution in [0.25, 0.3) is 11.1 Å². The normalized spacial score (nSPS) is 13.6. The summed E-state index contributed by atoms with van der Waals surface area (Å²) in [6.45, 7) is 0.293. The molecule has 5 amide bonds. The Morgan fingerprint density at radius 2 is 1.24 bits per heavy atom. The molecule has 0 bridgehead atoms. The molecular weight excluding hydrogens is 638 g/mol. The van der Waals surface area contributed by atoms with Gasteiger partial charge in [0.25, 0.3) is 0 Å². The van der Waals surface area contributed by atoms with E-state index in [-0.39, 0.29) is 38.3 Å². The number of rotatable bonds is 19. The first-order valence-corrected chi connectivity index (χ1v) is 16.9. The van der Waals surface area contributed by atoms with Gasteiger partial charge >= 0.3 is 6.09 Å². The Balaban J connectivity index is 1.32. The second-order valence-electron chi connectivity index (χ2n) is 12.2. The fourth-order valence-corrected chi connectivity index (χ4v) is 6.02. The average Bonchev–Trinajstić information content (AvgIpc) is 3.44. The van der Waals surface area contributed by atoms with Crippen LogP contribution in [0.1, 0.15) is 54.7 Å². The summed E-state index contributed by atoms with van der Waals surface area (Å²) in [5.41, 5.74) is 22.0. The Bertz CT molecular complexity index is 1570. The molecule has 13 nitrogen and oxygen atoms in total. The van der Waals surface area contributed by atoms with E-state index in [2.05, 4.69) is 21.3 Å². The molecule has 0 aromatic heterocycles. The molecule has 1 aliphatic rings. The molecule has 3 aromatic rings. The highest BCUT2D eigenvalue weighted by molar-refractivity contribution is 5.93. The van der Waals surface area contributed by atoms with Gasteiger partial charge in [-0.3, -0.25) is 19.2 Å². The molecule has 0 saturated heterocycles. The number of amides is 5. The molecule has 3 aromatic carbocycles. The second-order valence-corrected chi connectivity index (χ2v) is 12.2. The Morgan fingerprint density at radius 1 is 0.660 bits per heavy atom. The summed E-state index contributed by atoms with van der Waals surface area (Å²) >= 11 is 0. The fraction of sp³-hybridized carbons (Fsp3) is 0.378. The van der Waals surface area contributed by atoms with Crippen molar-refractivity contribution in [2.24, 2.45) is 17.2 Å². The topological polar surface area (TPSA) is 221 Å². The minimum Gasteiger partial charge on any atom is -0.449 e. The van der Waals surface area contributed by atoms with Gasteiger partial charge < -0.3 is 43.2 Å². The van der Waals surface area contributed by atoms with Crippen LogP contribution < -0.4 is 38.5 Å². The van der Waals surface area contributed by atoms with E-state index in [1.165, 1.54) is 0 Å². The van der Waals surface area contributed by atoms with Crippen LogP contribution >= 0.6 is 0 Å². The van der Waals surface area contributed by atoms with E-state index in [1.54, 1.807) is 0 Å². The fourth-order valence-electron chi connectivity index (χ4n) is 6.02. The van der Waals surface area contributed by atoms with Crippen LogP contribution in [0.3, 0.4) is 0 Å². The molecule has 3 atom stereocenters. The molecule has 10 N–H and O–H groups in total. The van der Waals surface area contributed by atoms with Crippen molar-refractivity contribution in [1.29, 1.82) is 0 Å². The lowest BCUT2D eigenvalue weighted by molar-refractivity contribution is -0.132. The van der Waals surface area contributed by atoms with Gasteiger partial charge in [0.15, 0.2) is 0 Å². The Labute approximate surface area is 292 Å². The summed E-state index contributed by atoms with van der Waals surface area (Å²) in [5, 5.41) is 10.4. The quantitative estimate of drug-likeness (QED) is 0.0916. The smallest absolute Gasteiger partial charge is 0.407 e. The Morgan fingerprint density at radius 3 is 1.86 bits per heavy atom. The highest BCUT2D eigenvalue weighted by Crippen LogP contribution is 2.44. The summed E-state index contributed by atoms with van der Waals surface area (Å²) in [4.78, 5) is 64.4. The Hall–Kier alpha value is -5.27. The minimum atomic E-state index is -1.01. The molecule has 0 fully saturated rings. The largest absolute Gasteiger partial charge is 0.449 e. The number of fused-ring (bicyclic) bond motifs is 3. The number of hydrogen-bond acceptors (Lipinski definition) is 8. The third kappa shape index (κ3) is 10.6. The van der Waals surface area contributed by atoms with E-state index < -0.39 is 54.4 Å². The third-order valence-corrected chi connectivity index (χ3v) is 8.61. The zero-order valence-corrected chi connectivity index (χ0v) is 28.1. The molecular formula is C37H47N7O6. The van der Waals surface area contributed by atoms with Crippen LogP contribution in [0.2, 0.25) is 0 Å². The van der Waals surface area contributed by atoms with Crippen molar-refractivity contribution in [1.82, 2.24) is 21.3 Å². The lowest BCUT2D eigenvalue weighted by Gasteiger charge is -2.23. The number of carbonyl (C=O) groups excluding carboxylic acids is 5. The van der Waals surface area contributed by atoms with Gasteiger partial charge in [-0.15, -0.1) is 0 Å². The number of primary amides is 1. The Kier molecular flexibility index (Phi) is 14.3. The summed E-state index contributed by atoms with van der Waals surface area (Å²) in [7, 11) is 0. The van der Waals surface area contributed by atoms with Gasteiger partial charge in [-0.25, -0.2) is 4.79 Å². The number of unbranched alkanes of at least 4 members (excludes halogenated alkanes) is 1. The molecule has 50 heavy (non-hydrogen) atoms. The number of hydrogen-bond donors (Lipinski definition) is 7. The molecule has 0 heterocycles. The maximum Gasteiger partial charge on any atom is 0.407 e. The van der Waals surface area contributed by atoms with Crippen molar-refractivity contribution >= 4 is 29.7 Å². The lowest BCUT2D eigenvalue weighted by Crippen LogP contribution is -2.55. The molecule has 13 heteroatoms. The van der Waals surface area contributed by atoms with Crippen LogP contribution in [0.5, 0.6) is 0 Å². The predicted octanol–water partition coefficient (Wildman–Crippen LogP) is 1.58. The molecule has 3 unspecified atom stereocenters. The second kappa shape index (κ2) is 19.1. The van der Waals surface area contributed by atoms with Gasteiger partial charge in [0, 0.05) is 12.3 Å². The van der Waals surface area contributed by atoms with Crippen molar-refractivity contribution < 1.29 is 28.7 Å². The van der Waals surface area contributed by atoms with Gasteiger partial charge in [-0.1, -0.05) is 78.9 Å². The molecule has 0 spiro atoms. The number of alkyl carbamates (subject to hydrolysis) is 1. The number of benzene rings is 3. The van der Waals surface area contributed by atoms with Crippen molar-refractivity contribution in [3.63, 3.8) is 0 Å². The van der Waals surface area contributed by atoms with E-state index in [0.717, 1.165) is 27.8 Å². The highest BCUT2D eigenvalue weighted by atomic mass is 16.5. The first-order chi connectivity index (χ1) is 24.2. The van der Waals surface area contributed by atoms with E-state index in [4.69, 9.17) is 21.9 Å². The monoisotopic (exact) mass is 685 g/mol. The first kappa shape index (κ1) is 37.5. The number of nitrogens with two attached hydrogens (primary N) is 3. The van der Waals surface area contributed by atoms with Gasteiger partial charge in [-0.2, -0.15) is 0 Å². The van der Waals surface area contributed by atoms with Crippen molar-refractivity contribution in [2.75, 3.05) is 26.2 Å². The van der Waals surface area contributed by atoms with Crippen LogP contribution in [-0.2, 0) is 30.3 Å². The zero-order valence-electron chi connectivity index (χ0n) is 28.1. The number of nitrogens with one attached hydrogen (secondary N) is 4. The summed E-state index contributed by atoms with van der Waals surface area (Å²) in [6, 6.07) is 22.0. The molecule has 0 aliphatic heterocycles. The lowest BCUT2D eigenvalue weighted by atomic mass is 9.98. The minimum absolute atomic E-state index is 0.0725. The molecule has 1 aliphatic carbocycles. The van der Waals surface area contributed by atoms with Crippen LogP contribution in [-0.4, -0.2) is 74.1 Å². The summed E-state index contributed by atoms with van der Waals surface area (Å²) < 4.78 is 5.61. The van der Waals surface area contributed by atoms with Gasteiger partial charge in [0.2, 0.25) is 23.6 Å². The molecule has 266 valence electrons. The zero-order chi connectivity index (χ0) is 35.9. The van der Waals surface area contributed by atoms with Crippen molar-refractivity contribution in [3.05, 3.63) is 95.6 Å². The van der Waals surface area contributed by atoms with E-state index in [1.807, 2.05) is 78.9 Å². The van der Waals surface area contributed by atoms with Crippen molar-refractivity contribution in [3.8, 4) is 11.1 Å². The SMILES string of the molecule is NCCCCC(NC(=O)CNC(=O)C(CCCN)NC(=O)OCC1c2ccccc2-c2ccccc21)C(=O)NC(Cc1ccccc1)C(N)=O. The van der Waals surface area contributed by atoms with Gasteiger partial charge in [-0.05, 0) is 73.0 Å². The standard InChI is InChI=1S/C37H47N7O6/c38-19-9-8-17-31(36(48)43-32(34(40)46)21-24-11-2-1-3-12-24)42-33(45)22-41-35(47)30(18-10-20-39)44-37(49)50-23-29-27-15-6-4-13-25(27)26-14-5-7-16-28(26)29/h1-7,11-16,29-32H,8-10,17-23,38-39H2,(H2,40,46)(H,41,47)(H,42,45)(H,43,48)(H,44,49). The number of carbonyl (C=O) groups is 5. The third-order valence-electron chi connectivity index (χ3n) is 8.61. The summed E-state index contributed by atoms with van der Waals surface area (Å²) in [5.74, 6) is -2.70. The van der Waals surface area contributed by atoms with E-state index in [9.17, 15) is 24.0 Å². The molecule has 0 saturated carbocycles. The summed E-state index contributed by atoms with van der Waals surface area (Å²) in [6.07, 6.45) is 1.46. The molecule has 4 rings (SSSR count). The van der Waals surface area contributed by atoms with E-state index in [0.29, 0.717) is 25.8 Å². The predicted molar refractivity (Wildman–Crippen MR) is 189 cm³/mol.